The standard InChI is InChI=1S/C11H16N4OS/c1-11(2,3)9-13-8(16-14-9)7-17-10-12-5-6-15(10)4/h5-6H,7H2,1-4H3. The molecule has 0 aliphatic carbocycles. The maximum Gasteiger partial charge on any atom is 0.237 e. The fourth-order valence-corrected chi connectivity index (χ4v) is 2.01. The molecule has 0 saturated carbocycles. The minimum Gasteiger partial charge on any atom is -0.338 e. The third-order valence-electron chi connectivity index (χ3n) is 2.24. The van der Waals surface area contributed by atoms with Gasteiger partial charge in [-0.3, -0.25) is 0 Å². The minimum absolute atomic E-state index is 0.0738. The Morgan fingerprint density at radius 1 is 1.41 bits per heavy atom. The average molecular weight is 252 g/mol. The van der Waals surface area contributed by atoms with Crippen molar-refractivity contribution in [3.8, 4) is 0 Å². The summed E-state index contributed by atoms with van der Waals surface area (Å²) < 4.78 is 7.17. The molecular formula is C11H16N4OS. The third-order valence-corrected chi connectivity index (χ3v) is 3.28. The van der Waals surface area contributed by atoms with E-state index >= 15 is 0 Å². The van der Waals surface area contributed by atoms with Crippen molar-refractivity contribution in [3.63, 3.8) is 0 Å². The molecule has 17 heavy (non-hydrogen) atoms. The topological polar surface area (TPSA) is 56.7 Å². The largest absolute Gasteiger partial charge is 0.338 e. The predicted molar refractivity (Wildman–Crippen MR) is 65.8 cm³/mol. The SMILES string of the molecule is Cn1ccnc1SCc1nc(C(C)(C)C)no1. The van der Waals surface area contributed by atoms with E-state index in [1.165, 1.54) is 0 Å². The lowest BCUT2D eigenvalue weighted by atomic mass is 9.96. The van der Waals surface area contributed by atoms with Crippen LogP contribution in [0, 0.1) is 0 Å². The molecule has 0 amide bonds. The summed E-state index contributed by atoms with van der Waals surface area (Å²) in [6.45, 7) is 6.19. The molecule has 0 bridgehead atoms. The average Bonchev–Trinajstić information content (AvgIpc) is 2.82. The molecule has 0 aromatic carbocycles. The van der Waals surface area contributed by atoms with E-state index in [2.05, 4.69) is 35.9 Å². The van der Waals surface area contributed by atoms with Gasteiger partial charge in [0.05, 0.1) is 5.75 Å². The fourth-order valence-electron chi connectivity index (χ4n) is 1.24. The quantitative estimate of drug-likeness (QED) is 0.785. The first-order valence-electron chi connectivity index (χ1n) is 5.40. The molecule has 0 atom stereocenters. The van der Waals surface area contributed by atoms with Gasteiger partial charge in [0.15, 0.2) is 11.0 Å². The monoisotopic (exact) mass is 252 g/mol. The Bertz CT molecular complexity index is 498. The van der Waals surface area contributed by atoms with Gasteiger partial charge in [-0.1, -0.05) is 37.7 Å². The van der Waals surface area contributed by atoms with Crippen LogP contribution >= 0.6 is 11.8 Å². The summed E-state index contributed by atoms with van der Waals surface area (Å²) in [4.78, 5) is 8.60. The Labute approximate surface area is 105 Å². The van der Waals surface area contributed by atoms with E-state index in [4.69, 9.17) is 4.52 Å². The molecule has 2 rings (SSSR count). The van der Waals surface area contributed by atoms with Crippen LogP contribution in [0.4, 0.5) is 0 Å². The summed E-state index contributed by atoms with van der Waals surface area (Å²) in [7, 11) is 1.96. The van der Waals surface area contributed by atoms with Gasteiger partial charge in [0.25, 0.3) is 0 Å². The first-order chi connectivity index (χ1) is 7.97. The Morgan fingerprint density at radius 2 is 2.18 bits per heavy atom. The van der Waals surface area contributed by atoms with Crippen molar-refractivity contribution in [2.75, 3.05) is 0 Å². The van der Waals surface area contributed by atoms with E-state index in [0.29, 0.717) is 11.6 Å². The van der Waals surface area contributed by atoms with Gasteiger partial charge in [-0.05, 0) is 0 Å². The molecular weight excluding hydrogens is 236 g/mol. The number of imidazole rings is 1. The number of hydrogen-bond acceptors (Lipinski definition) is 5. The first kappa shape index (κ1) is 12.2. The zero-order valence-electron chi connectivity index (χ0n) is 10.5. The Balaban J connectivity index is 2.01. The summed E-state index contributed by atoms with van der Waals surface area (Å²) in [5, 5.41) is 4.93. The lowest BCUT2D eigenvalue weighted by Gasteiger charge is -2.10. The summed E-state index contributed by atoms with van der Waals surface area (Å²) >= 11 is 1.59. The van der Waals surface area contributed by atoms with Crippen LogP contribution in [0.5, 0.6) is 0 Å². The smallest absolute Gasteiger partial charge is 0.237 e. The molecule has 0 saturated heterocycles. The van der Waals surface area contributed by atoms with Gasteiger partial charge >= 0.3 is 0 Å². The first-order valence-corrected chi connectivity index (χ1v) is 6.38. The molecule has 0 fully saturated rings. The minimum atomic E-state index is -0.0738. The van der Waals surface area contributed by atoms with Gasteiger partial charge in [-0.25, -0.2) is 4.98 Å². The predicted octanol–water partition coefficient (Wildman–Crippen LogP) is 2.39. The zero-order chi connectivity index (χ0) is 12.5. The highest BCUT2D eigenvalue weighted by molar-refractivity contribution is 7.98. The van der Waals surface area contributed by atoms with Crippen molar-refractivity contribution in [3.05, 3.63) is 24.1 Å². The van der Waals surface area contributed by atoms with Gasteiger partial charge in [-0.15, -0.1) is 0 Å². The normalized spacial score (nSPS) is 12.0. The van der Waals surface area contributed by atoms with Gasteiger partial charge in [0.1, 0.15) is 0 Å². The van der Waals surface area contributed by atoms with Crippen LogP contribution < -0.4 is 0 Å². The van der Waals surface area contributed by atoms with E-state index in [1.54, 1.807) is 18.0 Å². The van der Waals surface area contributed by atoms with Gasteiger partial charge in [0.2, 0.25) is 5.89 Å². The van der Waals surface area contributed by atoms with E-state index < -0.39 is 0 Å². The molecule has 0 unspecified atom stereocenters. The van der Waals surface area contributed by atoms with Gasteiger partial charge < -0.3 is 9.09 Å². The molecule has 0 radical (unpaired) electrons. The number of rotatable bonds is 3. The number of hydrogen-bond donors (Lipinski definition) is 0. The van der Waals surface area contributed by atoms with Crippen LogP contribution in [0.1, 0.15) is 32.5 Å². The van der Waals surface area contributed by atoms with Crippen molar-refractivity contribution in [2.45, 2.75) is 37.1 Å². The number of aromatic nitrogens is 4. The lowest BCUT2D eigenvalue weighted by Crippen LogP contribution is -2.13. The molecule has 2 aromatic rings. The fraction of sp³-hybridized carbons (Fsp3) is 0.545. The Morgan fingerprint density at radius 3 is 2.71 bits per heavy atom. The van der Waals surface area contributed by atoms with E-state index in [1.807, 2.05) is 17.8 Å². The van der Waals surface area contributed by atoms with Crippen molar-refractivity contribution < 1.29 is 4.52 Å². The van der Waals surface area contributed by atoms with Crippen LogP contribution in [-0.2, 0) is 18.2 Å². The Kier molecular flexibility index (Phi) is 3.24. The van der Waals surface area contributed by atoms with Crippen molar-refractivity contribution >= 4 is 11.8 Å². The molecule has 0 spiro atoms. The molecule has 0 aliphatic heterocycles. The molecule has 2 heterocycles. The molecule has 0 N–H and O–H groups in total. The zero-order valence-corrected chi connectivity index (χ0v) is 11.3. The number of nitrogens with zero attached hydrogens (tertiary/aromatic N) is 4. The highest BCUT2D eigenvalue weighted by atomic mass is 32.2. The molecule has 92 valence electrons. The van der Waals surface area contributed by atoms with Crippen LogP contribution in [-0.4, -0.2) is 19.7 Å². The van der Waals surface area contributed by atoms with Crippen molar-refractivity contribution in [1.82, 2.24) is 19.7 Å². The van der Waals surface area contributed by atoms with Crippen LogP contribution in [0.3, 0.4) is 0 Å². The van der Waals surface area contributed by atoms with Crippen LogP contribution in [0.25, 0.3) is 0 Å². The summed E-state index contributed by atoms with van der Waals surface area (Å²) in [6.07, 6.45) is 3.69. The second kappa shape index (κ2) is 4.52. The second-order valence-corrected chi connectivity index (χ2v) is 5.81. The maximum atomic E-state index is 5.21. The van der Waals surface area contributed by atoms with Crippen molar-refractivity contribution in [1.29, 1.82) is 0 Å². The molecule has 2 aromatic heterocycles. The number of aryl methyl sites for hydroxylation is 1. The maximum absolute atomic E-state index is 5.21. The number of thioether (sulfide) groups is 1. The van der Waals surface area contributed by atoms with Gasteiger partial charge in [-0.2, -0.15) is 4.98 Å². The molecule has 5 nitrogen and oxygen atoms in total. The lowest BCUT2D eigenvalue weighted by molar-refractivity contribution is 0.372. The summed E-state index contributed by atoms with van der Waals surface area (Å²) in [5.74, 6) is 2.03. The molecule has 0 aliphatic rings. The van der Waals surface area contributed by atoms with E-state index in [-0.39, 0.29) is 5.41 Å². The summed E-state index contributed by atoms with van der Waals surface area (Å²) in [6, 6.07) is 0. The van der Waals surface area contributed by atoms with E-state index in [9.17, 15) is 0 Å². The third kappa shape index (κ3) is 2.88. The van der Waals surface area contributed by atoms with Crippen LogP contribution in [0.2, 0.25) is 0 Å². The van der Waals surface area contributed by atoms with Crippen molar-refractivity contribution in [2.24, 2.45) is 7.05 Å². The Hall–Kier alpha value is -1.30. The highest BCUT2D eigenvalue weighted by Crippen LogP contribution is 2.22. The molecule has 6 heteroatoms. The van der Waals surface area contributed by atoms with Gasteiger partial charge in [0, 0.05) is 24.9 Å². The van der Waals surface area contributed by atoms with E-state index in [0.717, 1.165) is 11.0 Å². The highest BCUT2D eigenvalue weighted by Gasteiger charge is 2.20. The van der Waals surface area contributed by atoms with Crippen LogP contribution in [0.15, 0.2) is 22.1 Å². The summed E-state index contributed by atoms with van der Waals surface area (Å²) in [5.41, 5.74) is -0.0738. The second-order valence-electron chi connectivity index (χ2n) is 4.87.